The molecule has 0 saturated carbocycles. The van der Waals surface area contributed by atoms with E-state index in [2.05, 4.69) is 15.7 Å². The number of halogens is 5. The van der Waals surface area contributed by atoms with Crippen molar-refractivity contribution >= 4 is 52.2 Å². The summed E-state index contributed by atoms with van der Waals surface area (Å²) in [6, 6.07) is 16.6. The largest absolute Gasteiger partial charge is 0.416 e. The Morgan fingerprint density at radius 2 is 1.57 bits per heavy atom. The number of hydrogen-bond donors (Lipinski definition) is 2. The normalized spacial score (nSPS) is 15.5. The number of para-hydroxylation sites is 1. The van der Waals surface area contributed by atoms with Crippen LogP contribution in [0, 0.1) is 5.92 Å². The Kier molecular flexibility index (Phi) is 7.00. The molecule has 0 aliphatic carbocycles. The summed E-state index contributed by atoms with van der Waals surface area (Å²) >= 11 is 12.1. The van der Waals surface area contributed by atoms with Crippen molar-refractivity contribution in [1.29, 1.82) is 0 Å². The third kappa shape index (κ3) is 5.75. The molecule has 0 saturated heterocycles. The summed E-state index contributed by atoms with van der Waals surface area (Å²) in [6.07, 6.45) is -4.49. The Labute approximate surface area is 208 Å². The summed E-state index contributed by atoms with van der Waals surface area (Å²) < 4.78 is 38.4. The van der Waals surface area contributed by atoms with Crippen molar-refractivity contribution in [3.8, 4) is 0 Å². The fraction of sp³-hybridized carbons (Fsp3) is 0.125. The molecule has 0 aromatic heterocycles. The molecule has 1 heterocycles. The molecule has 0 bridgehead atoms. The van der Waals surface area contributed by atoms with Crippen LogP contribution in [0.5, 0.6) is 0 Å². The van der Waals surface area contributed by atoms with Crippen LogP contribution in [0.2, 0.25) is 10.0 Å². The van der Waals surface area contributed by atoms with Crippen molar-refractivity contribution < 1.29 is 22.8 Å². The number of alkyl halides is 3. The molecule has 6 nitrogen and oxygen atoms in total. The van der Waals surface area contributed by atoms with E-state index in [1.54, 1.807) is 48.5 Å². The lowest BCUT2D eigenvalue weighted by molar-refractivity contribution is -0.137. The summed E-state index contributed by atoms with van der Waals surface area (Å²) in [5.74, 6) is -1.28. The van der Waals surface area contributed by atoms with Crippen LogP contribution in [0.15, 0.2) is 77.9 Å². The summed E-state index contributed by atoms with van der Waals surface area (Å²) in [5.41, 5.74) is 0.626. The molecule has 3 aromatic rings. The lowest BCUT2D eigenvalue weighted by Gasteiger charge is -2.16. The first-order valence-corrected chi connectivity index (χ1v) is 11.0. The fourth-order valence-electron chi connectivity index (χ4n) is 3.43. The molecule has 1 atom stereocenters. The lowest BCUT2D eigenvalue weighted by atomic mass is 9.96. The highest BCUT2D eigenvalue weighted by atomic mass is 35.5. The minimum absolute atomic E-state index is 0.0965. The van der Waals surface area contributed by atoms with Crippen molar-refractivity contribution in [2.75, 3.05) is 17.2 Å². The molecule has 3 amide bonds. The SMILES string of the molecule is O=C(Nc1ccccc1Cl)C1CN(C(=O)Nc2ccc(C(F)(F)F)cc2)N=C1c1ccc(Cl)cc1. The number of nitrogens with zero attached hydrogens (tertiary/aromatic N) is 2. The maximum Gasteiger partial charge on any atom is 0.416 e. The molecule has 11 heteroatoms. The maximum atomic E-state index is 13.1. The number of amides is 3. The minimum Gasteiger partial charge on any atom is -0.324 e. The van der Waals surface area contributed by atoms with Gasteiger partial charge in [-0.25, -0.2) is 9.80 Å². The maximum absolute atomic E-state index is 13.1. The fourth-order valence-corrected chi connectivity index (χ4v) is 3.74. The highest BCUT2D eigenvalue weighted by molar-refractivity contribution is 6.34. The standard InChI is InChI=1S/C24H17Cl2F3N4O2/c25-16-9-5-14(6-10-16)21-18(22(34)31-20-4-2-1-3-19(20)26)13-33(32-21)23(35)30-17-11-7-15(8-12-17)24(27,28)29/h1-12,18H,13H2,(H,30,35)(H,31,34). The van der Waals surface area contributed by atoms with E-state index in [1.807, 2.05) is 0 Å². The van der Waals surface area contributed by atoms with Crippen molar-refractivity contribution in [3.05, 3.63) is 94.0 Å². The van der Waals surface area contributed by atoms with Crippen LogP contribution < -0.4 is 10.6 Å². The van der Waals surface area contributed by atoms with Gasteiger partial charge in [0.25, 0.3) is 0 Å². The zero-order chi connectivity index (χ0) is 25.2. The molecule has 0 radical (unpaired) electrons. The Bertz CT molecular complexity index is 1280. The second-order valence-corrected chi connectivity index (χ2v) is 8.44. The van der Waals surface area contributed by atoms with Crippen molar-refractivity contribution in [2.45, 2.75) is 6.18 Å². The van der Waals surface area contributed by atoms with Crippen LogP contribution in [0.4, 0.5) is 29.3 Å². The van der Waals surface area contributed by atoms with Gasteiger partial charge in [-0.15, -0.1) is 0 Å². The predicted molar refractivity (Wildman–Crippen MR) is 129 cm³/mol. The van der Waals surface area contributed by atoms with Gasteiger partial charge in [-0.3, -0.25) is 4.79 Å². The average molecular weight is 521 g/mol. The molecule has 0 fully saturated rings. The topological polar surface area (TPSA) is 73.8 Å². The number of carbonyl (C=O) groups is 2. The first-order chi connectivity index (χ1) is 16.6. The summed E-state index contributed by atoms with van der Waals surface area (Å²) in [7, 11) is 0. The van der Waals surface area contributed by atoms with Crippen LogP contribution in [-0.4, -0.2) is 29.2 Å². The Hall–Kier alpha value is -3.56. The Balaban J connectivity index is 1.56. The van der Waals surface area contributed by atoms with E-state index in [0.29, 0.717) is 27.0 Å². The van der Waals surface area contributed by atoms with E-state index in [1.165, 1.54) is 0 Å². The Morgan fingerprint density at radius 3 is 2.20 bits per heavy atom. The molecule has 35 heavy (non-hydrogen) atoms. The van der Waals surface area contributed by atoms with E-state index in [0.717, 1.165) is 29.3 Å². The van der Waals surface area contributed by atoms with Gasteiger partial charge in [-0.1, -0.05) is 47.5 Å². The number of rotatable bonds is 4. The lowest BCUT2D eigenvalue weighted by Crippen LogP contribution is -2.35. The highest BCUT2D eigenvalue weighted by Gasteiger charge is 2.36. The van der Waals surface area contributed by atoms with Crippen molar-refractivity contribution in [2.24, 2.45) is 11.0 Å². The minimum atomic E-state index is -4.49. The Morgan fingerprint density at radius 1 is 0.914 bits per heavy atom. The smallest absolute Gasteiger partial charge is 0.324 e. The van der Waals surface area contributed by atoms with Crippen LogP contribution in [0.25, 0.3) is 0 Å². The quantitative estimate of drug-likeness (QED) is 0.411. The van der Waals surface area contributed by atoms with E-state index in [-0.39, 0.29) is 12.2 Å². The number of hydrogen-bond acceptors (Lipinski definition) is 3. The van der Waals surface area contributed by atoms with Gasteiger partial charge in [0.1, 0.15) is 5.92 Å². The molecule has 4 rings (SSSR count). The van der Waals surface area contributed by atoms with Gasteiger partial charge in [0.2, 0.25) is 5.91 Å². The highest BCUT2D eigenvalue weighted by Crippen LogP contribution is 2.30. The summed E-state index contributed by atoms with van der Waals surface area (Å²) in [4.78, 5) is 26.0. The first-order valence-electron chi connectivity index (χ1n) is 10.3. The van der Waals surface area contributed by atoms with Gasteiger partial charge in [0.15, 0.2) is 0 Å². The summed E-state index contributed by atoms with van der Waals surface area (Å²) in [6.45, 7) is -0.0965. The second-order valence-electron chi connectivity index (χ2n) is 7.60. The number of nitrogens with one attached hydrogen (secondary N) is 2. The van der Waals surface area contributed by atoms with E-state index in [9.17, 15) is 22.8 Å². The predicted octanol–water partition coefficient (Wildman–Crippen LogP) is 6.52. The number of carbonyl (C=O) groups excluding carboxylic acids is 2. The molecule has 1 unspecified atom stereocenters. The molecule has 1 aliphatic heterocycles. The number of benzene rings is 3. The monoisotopic (exact) mass is 520 g/mol. The van der Waals surface area contributed by atoms with Crippen molar-refractivity contribution in [3.63, 3.8) is 0 Å². The van der Waals surface area contributed by atoms with E-state index in [4.69, 9.17) is 23.2 Å². The first kappa shape index (κ1) is 24.6. The van der Waals surface area contributed by atoms with Crippen LogP contribution in [0.1, 0.15) is 11.1 Å². The molecule has 1 aliphatic rings. The van der Waals surface area contributed by atoms with Gasteiger partial charge in [0, 0.05) is 10.7 Å². The van der Waals surface area contributed by atoms with Gasteiger partial charge in [-0.05, 0) is 54.1 Å². The zero-order valence-corrected chi connectivity index (χ0v) is 19.3. The third-order valence-electron chi connectivity index (χ3n) is 5.20. The molecule has 180 valence electrons. The van der Waals surface area contributed by atoms with E-state index < -0.39 is 29.6 Å². The van der Waals surface area contributed by atoms with Crippen LogP contribution >= 0.6 is 23.2 Å². The van der Waals surface area contributed by atoms with Crippen LogP contribution in [0.3, 0.4) is 0 Å². The summed E-state index contributed by atoms with van der Waals surface area (Å²) in [5, 5.41) is 11.5. The van der Waals surface area contributed by atoms with E-state index >= 15 is 0 Å². The molecular formula is C24H17Cl2F3N4O2. The molecule has 0 spiro atoms. The average Bonchev–Trinajstić information content (AvgIpc) is 3.27. The third-order valence-corrected chi connectivity index (χ3v) is 5.78. The van der Waals surface area contributed by atoms with Crippen molar-refractivity contribution in [1.82, 2.24) is 5.01 Å². The molecule has 2 N–H and O–H groups in total. The van der Waals surface area contributed by atoms with Gasteiger partial charge >= 0.3 is 12.2 Å². The van der Waals surface area contributed by atoms with Gasteiger partial charge < -0.3 is 10.6 Å². The molecule has 3 aromatic carbocycles. The molecular weight excluding hydrogens is 504 g/mol. The van der Waals surface area contributed by atoms with Gasteiger partial charge in [0.05, 0.1) is 28.5 Å². The van der Waals surface area contributed by atoms with Crippen LogP contribution in [-0.2, 0) is 11.0 Å². The number of hydrazone groups is 1. The second kappa shape index (κ2) is 9.97. The number of urea groups is 1. The number of anilines is 2. The van der Waals surface area contributed by atoms with Gasteiger partial charge in [-0.2, -0.15) is 18.3 Å². The zero-order valence-electron chi connectivity index (χ0n) is 17.8.